The summed E-state index contributed by atoms with van der Waals surface area (Å²) >= 11 is 0. The molecular formula is C12H16N4. The number of fused-ring (bicyclic) bond motifs is 1. The van der Waals surface area contributed by atoms with E-state index in [9.17, 15) is 0 Å². The molecule has 84 valence electrons. The Labute approximate surface area is 95.1 Å². The first-order valence-corrected chi connectivity index (χ1v) is 5.69. The number of rotatable bonds is 1. The highest BCUT2D eigenvalue weighted by atomic mass is 15.2. The van der Waals surface area contributed by atoms with Crippen LogP contribution in [0.2, 0.25) is 0 Å². The van der Waals surface area contributed by atoms with Gasteiger partial charge in [0.15, 0.2) is 0 Å². The summed E-state index contributed by atoms with van der Waals surface area (Å²) in [5.74, 6) is 0. The highest BCUT2D eigenvalue weighted by Crippen LogP contribution is 2.17. The zero-order chi connectivity index (χ0) is 11.0. The average molecular weight is 216 g/mol. The smallest absolute Gasteiger partial charge is 0.138 e. The molecule has 0 radical (unpaired) electrons. The largest absolute Gasteiger partial charge is 0.369 e. The molecule has 0 aliphatic carbocycles. The van der Waals surface area contributed by atoms with Crippen LogP contribution < -0.4 is 4.90 Å². The number of hydrogen-bond acceptors (Lipinski definition) is 3. The normalized spacial score (nSPS) is 18.2. The molecule has 3 rings (SSSR count). The van der Waals surface area contributed by atoms with Gasteiger partial charge in [-0.25, -0.2) is 4.98 Å². The molecule has 0 amide bonds. The standard InChI is InChI=1S/C12H16N4/c1-14-6-8-15(9-7-14)11-2-4-16-5-3-13-12(16)10-11/h2-5,10H,6-9H2,1H3. The van der Waals surface area contributed by atoms with E-state index < -0.39 is 0 Å². The van der Waals surface area contributed by atoms with E-state index in [1.165, 1.54) is 5.69 Å². The SMILES string of the molecule is CN1CCN(c2ccn3ccnc3c2)CC1. The van der Waals surface area contributed by atoms with Crippen LogP contribution in [-0.2, 0) is 0 Å². The van der Waals surface area contributed by atoms with E-state index in [1.54, 1.807) is 0 Å². The van der Waals surface area contributed by atoms with Crippen molar-refractivity contribution < 1.29 is 0 Å². The molecule has 0 saturated carbocycles. The lowest BCUT2D eigenvalue weighted by atomic mass is 10.3. The van der Waals surface area contributed by atoms with Crippen LogP contribution in [0.5, 0.6) is 0 Å². The number of piperazine rings is 1. The number of nitrogens with zero attached hydrogens (tertiary/aromatic N) is 4. The van der Waals surface area contributed by atoms with Gasteiger partial charge in [0.1, 0.15) is 5.65 Å². The van der Waals surface area contributed by atoms with Gasteiger partial charge in [0.05, 0.1) is 0 Å². The monoisotopic (exact) mass is 216 g/mol. The molecule has 2 aromatic rings. The second-order valence-electron chi connectivity index (χ2n) is 4.37. The van der Waals surface area contributed by atoms with Crippen molar-refractivity contribution in [1.29, 1.82) is 0 Å². The molecule has 0 bridgehead atoms. The van der Waals surface area contributed by atoms with Crippen molar-refractivity contribution in [2.24, 2.45) is 0 Å². The Morgan fingerprint density at radius 1 is 1.12 bits per heavy atom. The topological polar surface area (TPSA) is 23.8 Å². The molecule has 1 saturated heterocycles. The Bertz CT molecular complexity index is 482. The number of imidazole rings is 1. The summed E-state index contributed by atoms with van der Waals surface area (Å²) in [7, 11) is 2.18. The molecule has 1 aliphatic heterocycles. The minimum Gasteiger partial charge on any atom is -0.369 e. The molecule has 1 aliphatic rings. The lowest BCUT2D eigenvalue weighted by Crippen LogP contribution is -2.44. The van der Waals surface area contributed by atoms with Crippen molar-refractivity contribution in [2.75, 3.05) is 38.1 Å². The summed E-state index contributed by atoms with van der Waals surface area (Å²) in [6, 6.07) is 4.32. The minimum atomic E-state index is 1.02. The minimum absolute atomic E-state index is 1.02. The molecule has 4 nitrogen and oxygen atoms in total. The van der Waals surface area contributed by atoms with Gasteiger partial charge in [-0.2, -0.15) is 0 Å². The number of aromatic nitrogens is 2. The fourth-order valence-corrected chi connectivity index (χ4v) is 2.16. The maximum absolute atomic E-state index is 4.32. The maximum atomic E-state index is 4.32. The summed E-state index contributed by atoms with van der Waals surface area (Å²) in [5.41, 5.74) is 2.31. The summed E-state index contributed by atoms with van der Waals surface area (Å²) in [5, 5.41) is 0. The van der Waals surface area contributed by atoms with E-state index in [1.807, 2.05) is 16.8 Å². The van der Waals surface area contributed by atoms with Crippen LogP contribution in [0, 0.1) is 0 Å². The fourth-order valence-electron chi connectivity index (χ4n) is 2.16. The van der Waals surface area contributed by atoms with Gasteiger partial charge >= 0.3 is 0 Å². The van der Waals surface area contributed by atoms with Crippen molar-refractivity contribution in [1.82, 2.24) is 14.3 Å². The lowest BCUT2D eigenvalue weighted by molar-refractivity contribution is 0.313. The van der Waals surface area contributed by atoms with Gasteiger partial charge < -0.3 is 14.2 Å². The first kappa shape index (κ1) is 9.66. The summed E-state index contributed by atoms with van der Waals surface area (Å²) in [4.78, 5) is 9.11. The Balaban J connectivity index is 1.87. The third kappa shape index (κ3) is 1.65. The molecule has 0 spiro atoms. The summed E-state index contributed by atoms with van der Waals surface area (Å²) < 4.78 is 2.04. The molecule has 0 atom stereocenters. The zero-order valence-electron chi connectivity index (χ0n) is 9.50. The van der Waals surface area contributed by atoms with E-state index in [0.29, 0.717) is 0 Å². The lowest BCUT2D eigenvalue weighted by Gasteiger charge is -2.34. The van der Waals surface area contributed by atoms with E-state index in [2.05, 4.69) is 40.2 Å². The molecule has 1 fully saturated rings. The quantitative estimate of drug-likeness (QED) is 0.713. The molecule has 0 N–H and O–H groups in total. The van der Waals surface area contributed by atoms with Gasteiger partial charge in [-0.15, -0.1) is 0 Å². The van der Waals surface area contributed by atoms with Crippen LogP contribution in [0.4, 0.5) is 5.69 Å². The first-order chi connectivity index (χ1) is 7.83. The van der Waals surface area contributed by atoms with Gasteiger partial charge in [-0.3, -0.25) is 0 Å². The van der Waals surface area contributed by atoms with Crippen molar-refractivity contribution in [2.45, 2.75) is 0 Å². The van der Waals surface area contributed by atoms with Crippen LogP contribution in [0.3, 0.4) is 0 Å². The summed E-state index contributed by atoms with van der Waals surface area (Å²) in [6.45, 7) is 4.49. The summed E-state index contributed by atoms with van der Waals surface area (Å²) in [6.07, 6.45) is 5.89. The van der Waals surface area contributed by atoms with Crippen LogP contribution in [0.1, 0.15) is 0 Å². The molecule has 4 heteroatoms. The van der Waals surface area contributed by atoms with E-state index in [0.717, 1.165) is 31.8 Å². The molecular weight excluding hydrogens is 200 g/mol. The van der Waals surface area contributed by atoms with Crippen molar-refractivity contribution in [3.8, 4) is 0 Å². The van der Waals surface area contributed by atoms with Crippen molar-refractivity contribution in [3.05, 3.63) is 30.7 Å². The van der Waals surface area contributed by atoms with Crippen LogP contribution in [0.25, 0.3) is 5.65 Å². The Kier molecular flexibility index (Phi) is 2.29. The van der Waals surface area contributed by atoms with E-state index in [4.69, 9.17) is 0 Å². The van der Waals surface area contributed by atoms with Crippen molar-refractivity contribution in [3.63, 3.8) is 0 Å². The second kappa shape index (κ2) is 3.79. The maximum Gasteiger partial charge on any atom is 0.138 e. The predicted molar refractivity (Wildman–Crippen MR) is 64.9 cm³/mol. The van der Waals surface area contributed by atoms with Crippen molar-refractivity contribution >= 4 is 11.3 Å². The van der Waals surface area contributed by atoms with Gasteiger partial charge in [-0.05, 0) is 13.1 Å². The van der Waals surface area contributed by atoms with Gasteiger partial charge in [0.2, 0.25) is 0 Å². The average Bonchev–Trinajstić information content (AvgIpc) is 2.77. The molecule has 0 aromatic carbocycles. The predicted octanol–water partition coefficient (Wildman–Crippen LogP) is 1.09. The van der Waals surface area contributed by atoms with E-state index in [-0.39, 0.29) is 0 Å². The number of anilines is 1. The Morgan fingerprint density at radius 3 is 2.75 bits per heavy atom. The number of hydrogen-bond donors (Lipinski definition) is 0. The Morgan fingerprint density at radius 2 is 1.94 bits per heavy atom. The zero-order valence-corrected chi connectivity index (χ0v) is 9.50. The second-order valence-corrected chi connectivity index (χ2v) is 4.37. The van der Waals surface area contributed by atoms with E-state index >= 15 is 0 Å². The van der Waals surface area contributed by atoms with Crippen LogP contribution in [-0.4, -0.2) is 47.5 Å². The first-order valence-electron chi connectivity index (χ1n) is 5.69. The molecule has 0 unspecified atom stereocenters. The highest BCUT2D eigenvalue weighted by Gasteiger charge is 2.14. The third-order valence-electron chi connectivity index (χ3n) is 3.25. The molecule has 2 aromatic heterocycles. The number of pyridine rings is 1. The fraction of sp³-hybridized carbons (Fsp3) is 0.417. The van der Waals surface area contributed by atoms with Gasteiger partial charge in [0.25, 0.3) is 0 Å². The Hall–Kier alpha value is -1.55. The number of likely N-dealkylation sites (N-methyl/N-ethyl adjacent to an activating group) is 1. The molecule has 16 heavy (non-hydrogen) atoms. The highest BCUT2D eigenvalue weighted by molar-refractivity contribution is 5.56. The van der Waals surface area contributed by atoms with Gasteiger partial charge in [0, 0.05) is 56.5 Å². The van der Waals surface area contributed by atoms with Crippen LogP contribution >= 0.6 is 0 Å². The third-order valence-corrected chi connectivity index (χ3v) is 3.25. The molecule has 3 heterocycles. The van der Waals surface area contributed by atoms with Gasteiger partial charge in [-0.1, -0.05) is 0 Å². The van der Waals surface area contributed by atoms with Crippen LogP contribution in [0.15, 0.2) is 30.7 Å².